The van der Waals surface area contributed by atoms with Crippen LogP contribution in [0.2, 0.25) is 0 Å². The highest BCUT2D eigenvalue weighted by molar-refractivity contribution is 5.75. The van der Waals surface area contributed by atoms with E-state index in [1.165, 1.54) is 18.4 Å². The predicted octanol–water partition coefficient (Wildman–Crippen LogP) is 2.83. The maximum absolute atomic E-state index is 12.7. The molecule has 1 aliphatic carbocycles. The highest BCUT2D eigenvalue weighted by Crippen LogP contribution is 2.32. The summed E-state index contributed by atoms with van der Waals surface area (Å²) in [7, 11) is 0. The van der Waals surface area contributed by atoms with Crippen molar-refractivity contribution in [3.63, 3.8) is 0 Å². The predicted molar refractivity (Wildman–Crippen MR) is 86.8 cm³/mol. The van der Waals surface area contributed by atoms with Crippen LogP contribution in [0.1, 0.15) is 31.7 Å². The van der Waals surface area contributed by atoms with E-state index < -0.39 is 0 Å². The number of carbonyl (C=O) groups excluding carboxylic acids is 1. The first-order chi connectivity index (χ1) is 10.7. The number of hydrogen-bond acceptors (Lipinski definition) is 2. The summed E-state index contributed by atoms with van der Waals surface area (Å²) in [4.78, 5) is 14.6. The lowest BCUT2D eigenvalue weighted by Crippen LogP contribution is -2.50. The van der Waals surface area contributed by atoms with Gasteiger partial charge in [-0.1, -0.05) is 30.3 Å². The summed E-state index contributed by atoms with van der Waals surface area (Å²) < 4.78 is 5.48. The van der Waals surface area contributed by atoms with Crippen LogP contribution in [0.5, 0.6) is 0 Å². The Kier molecular flexibility index (Phi) is 4.98. The molecule has 1 N–H and O–H groups in total. The summed E-state index contributed by atoms with van der Waals surface area (Å²) in [5.41, 5.74) is 1.27. The van der Waals surface area contributed by atoms with Gasteiger partial charge in [-0.05, 0) is 44.1 Å². The van der Waals surface area contributed by atoms with Gasteiger partial charge in [0.25, 0.3) is 0 Å². The van der Waals surface area contributed by atoms with E-state index in [-0.39, 0.29) is 18.1 Å². The average molecular weight is 302 g/mol. The number of urea groups is 1. The van der Waals surface area contributed by atoms with E-state index >= 15 is 0 Å². The smallest absolute Gasteiger partial charge is 0.317 e. The van der Waals surface area contributed by atoms with Gasteiger partial charge in [0, 0.05) is 19.2 Å². The van der Waals surface area contributed by atoms with Crippen molar-refractivity contribution in [3.8, 4) is 0 Å². The van der Waals surface area contributed by atoms with Crippen LogP contribution in [-0.2, 0) is 11.2 Å². The van der Waals surface area contributed by atoms with Crippen LogP contribution in [0, 0.1) is 5.92 Å². The van der Waals surface area contributed by atoms with Crippen molar-refractivity contribution in [1.29, 1.82) is 0 Å². The molecule has 0 radical (unpaired) electrons. The van der Waals surface area contributed by atoms with E-state index in [0.29, 0.717) is 12.5 Å². The molecule has 3 rings (SSSR count). The number of hydrogen-bond donors (Lipinski definition) is 1. The Bertz CT molecular complexity index is 481. The SMILES string of the molecule is CC(NC(=O)N(CCc1ccccc1)C1CCOC1)C1CC1. The minimum atomic E-state index is 0.0748. The van der Waals surface area contributed by atoms with Crippen LogP contribution >= 0.6 is 0 Å². The molecule has 0 aromatic heterocycles. The molecule has 1 heterocycles. The van der Waals surface area contributed by atoms with Gasteiger partial charge in [-0.3, -0.25) is 0 Å². The Balaban J connectivity index is 1.59. The van der Waals surface area contributed by atoms with E-state index in [1.54, 1.807) is 0 Å². The van der Waals surface area contributed by atoms with Crippen LogP contribution < -0.4 is 5.32 Å². The topological polar surface area (TPSA) is 41.6 Å². The summed E-state index contributed by atoms with van der Waals surface area (Å²) in [6.45, 7) is 4.30. The Hall–Kier alpha value is -1.55. The summed E-state index contributed by atoms with van der Waals surface area (Å²) >= 11 is 0. The zero-order valence-corrected chi connectivity index (χ0v) is 13.3. The minimum absolute atomic E-state index is 0.0748. The number of amides is 2. The van der Waals surface area contributed by atoms with Crippen LogP contribution in [0.25, 0.3) is 0 Å². The van der Waals surface area contributed by atoms with Crippen LogP contribution in [0.4, 0.5) is 4.79 Å². The third kappa shape index (κ3) is 4.01. The highest BCUT2D eigenvalue weighted by atomic mass is 16.5. The van der Waals surface area contributed by atoms with Gasteiger partial charge in [0.1, 0.15) is 0 Å². The first-order valence-corrected chi connectivity index (χ1v) is 8.43. The van der Waals surface area contributed by atoms with E-state index in [4.69, 9.17) is 4.74 Å². The van der Waals surface area contributed by atoms with Crippen molar-refractivity contribution in [3.05, 3.63) is 35.9 Å². The molecule has 1 aromatic carbocycles. The number of rotatable bonds is 6. The molecule has 1 aromatic rings. The molecule has 4 heteroatoms. The molecular formula is C18H26N2O2. The zero-order chi connectivity index (χ0) is 15.4. The van der Waals surface area contributed by atoms with E-state index in [0.717, 1.165) is 26.0 Å². The molecule has 22 heavy (non-hydrogen) atoms. The van der Waals surface area contributed by atoms with Crippen LogP contribution in [0.3, 0.4) is 0 Å². The lowest BCUT2D eigenvalue weighted by molar-refractivity contribution is 0.145. The molecular weight excluding hydrogens is 276 g/mol. The molecule has 0 spiro atoms. The second kappa shape index (κ2) is 7.14. The molecule has 2 fully saturated rings. The molecule has 0 bridgehead atoms. The number of benzene rings is 1. The average Bonchev–Trinajstić information content (AvgIpc) is 3.25. The van der Waals surface area contributed by atoms with E-state index in [1.807, 2.05) is 23.1 Å². The van der Waals surface area contributed by atoms with Gasteiger partial charge in [-0.25, -0.2) is 4.79 Å². The fourth-order valence-electron chi connectivity index (χ4n) is 3.10. The molecule has 1 saturated heterocycles. The standard InChI is InChI=1S/C18H26N2O2/c1-14(16-7-8-16)19-18(21)20(17-10-12-22-13-17)11-9-15-5-3-2-4-6-15/h2-6,14,16-17H,7-13H2,1H3,(H,19,21). The maximum atomic E-state index is 12.7. The number of ether oxygens (including phenoxy) is 1. The Labute approximate surface area is 132 Å². The molecule has 2 unspecified atom stereocenters. The summed E-state index contributed by atoms with van der Waals surface area (Å²) in [5, 5.41) is 3.19. The molecule has 2 aliphatic rings. The Morgan fingerprint density at radius 3 is 2.73 bits per heavy atom. The van der Waals surface area contributed by atoms with Crippen LogP contribution in [0.15, 0.2) is 30.3 Å². The fourth-order valence-corrected chi connectivity index (χ4v) is 3.10. The zero-order valence-electron chi connectivity index (χ0n) is 13.3. The number of nitrogens with zero attached hydrogens (tertiary/aromatic N) is 1. The monoisotopic (exact) mass is 302 g/mol. The van der Waals surface area contributed by atoms with Crippen molar-refractivity contribution >= 4 is 6.03 Å². The first-order valence-electron chi connectivity index (χ1n) is 8.43. The second-order valence-corrected chi connectivity index (χ2v) is 6.52. The molecule has 1 aliphatic heterocycles. The van der Waals surface area contributed by atoms with Crippen molar-refractivity contribution in [2.75, 3.05) is 19.8 Å². The van der Waals surface area contributed by atoms with Gasteiger partial charge in [0.15, 0.2) is 0 Å². The lowest BCUT2D eigenvalue weighted by Gasteiger charge is -2.30. The van der Waals surface area contributed by atoms with E-state index in [9.17, 15) is 4.79 Å². The Morgan fingerprint density at radius 2 is 2.09 bits per heavy atom. The molecule has 1 saturated carbocycles. The van der Waals surface area contributed by atoms with Gasteiger partial charge in [0.2, 0.25) is 0 Å². The number of nitrogens with one attached hydrogen (secondary N) is 1. The van der Waals surface area contributed by atoms with Gasteiger partial charge >= 0.3 is 6.03 Å². The third-order valence-corrected chi connectivity index (χ3v) is 4.77. The highest BCUT2D eigenvalue weighted by Gasteiger charge is 2.32. The summed E-state index contributed by atoms with van der Waals surface area (Å²) in [5.74, 6) is 0.680. The van der Waals surface area contributed by atoms with Crippen molar-refractivity contribution in [1.82, 2.24) is 10.2 Å². The fraction of sp³-hybridized carbons (Fsp3) is 0.611. The quantitative estimate of drug-likeness (QED) is 0.878. The first kappa shape index (κ1) is 15.3. The molecule has 120 valence electrons. The molecule has 2 atom stereocenters. The van der Waals surface area contributed by atoms with E-state index in [2.05, 4.69) is 24.4 Å². The second-order valence-electron chi connectivity index (χ2n) is 6.52. The largest absolute Gasteiger partial charge is 0.379 e. The van der Waals surface area contributed by atoms with Crippen molar-refractivity contribution in [2.45, 2.75) is 44.7 Å². The maximum Gasteiger partial charge on any atom is 0.317 e. The summed E-state index contributed by atoms with van der Waals surface area (Å²) in [6.07, 6.45) is 4.33. The van der Waals surface area contributed by atoms with Gasteiger partial charge in [-0.2, -0.15) is 0 Å². The van der Waals surface area contributed by atoms with Gasteiger partial charge in [-0.15, -0.1) is 0 Å². The summed E-state index contributed by atoms with van der Waals surface area (Å²) in [6, 6.07) is 10.9. The number of carbonyl (C=O) groups is 1. The lowest BCUT2D eigenvalue weighted by atomic mass is 10.1. The molecule has 4 nitrogen and oxygen atoms in total. The van der Waals surface area contributed by atoms with Crippen molar-refractivity contribution < 1.29 is 9.53 Å². The van der Waals surface area contributed by atoms with Gasteiger partial charge < -0.3 is 15.0 Å². The minimum Gasteiger partial charge on any atom is -0.379 e. The van der Waals surface area contributed by atoms with Crippen LogP contribution in [-0.4, -0.2) is 42.8 Å². The van der Waals surface area contributed by atoms with Crippen molar-refractivity contribution in [2.24, 2.45) is 5.92 Å². The normalized spacial score (nSPS) is 22.3. The molecule has 2 amide bonds. The third-order valence-electron chi connectivity index (χ3n) is 4.77. The Morgan fingerprint density at radius 1 is 1.32 bits per heavy atom. The van der Waals surface area contributed by atoms with Gasteiger partial charge in [0.05, 0.1) is 12.6 Å².